The van der Waals surface area contributed by atoms with Gasteiger partial charge in [-0.25, -0.2) is 0 Å². The Balaban J connectivity index is 1.34. The van der Waals surface area contributed by atoms with E-state index in [0.29, 0.717) is 46.3 Å². The van der Waals surface area contributed by atoms with Crippen LogP contribution in [0.15, 0.2) is 85.0 Å². The summed E-state index contributed by atoms with van der Waals surface area (Å²) in [6, 6.07) is 17.2. The Morgan fingerprint density at radius 1 is 1.02 bits per heavy atom. The summed E-state index contributed by atoms with van der Waals surface area (Å²) in [6.07, 6.45) is 0.761. The lowest BCUT2D eigenvalue weighted by Crippen LogP contribution is -2.34. The van der Waals surface area contributed by atoms with Crippen molar-refractivity contribution < 1.29 is 37.3 Å². The number of hydrogen-bond acceptors (Lipinski definition) is 5. The Hall–Kier alpha value is -4.41. The van der Waals surface area contributed by atoms with Crippen molar-refractivity contribution in [2.75, 3.05) is 30.5 Å². The molecule has 2 aliphatic rings. The molecule has 3 aromatic rings. The molecule has 3 N–H and O–H groups in total. The fourth-order valence-electron chi connectivity index (χ4n) is 5.00. The Morgan fingerprint density at radius 2 is 1.70 bits per heavy atom. The fraction of sp³-hybridized carbons (Fsp3) is 0.273. The molecule has 0 bridgehead atoms. The average molecular weight is 593 g/mol. The predicted octanol–water partition coefficient (Wildman–Crippen LogP) is 5.99. The van der Waals surface area contributed by atoms with Crippen molar-refractivity contribution in [3.05, 3.63) is 107 Å². The maximum atomic E-state index is 13.2. The number of ether oxygens (including phenoxy) is 2. The first-order chi connectivity index (χ1) is 20.7. The lowest BCUT2D eigenvalue weighted by molar-refractivity contribution is -0.137. The van der Waals surface area contributed by atoms with Gasteiger partial charge >= 0.3 is 6.18 Å². The van der Waals surface area contributed by atoms with E-state index >= 15 is 0 Å². The highest BCUT2D eigenvalue weighted by Gasteiger charge is 2.30. The summed E-state index contributed by atoms with van der Waals surface area (Å²) < 4.78 is 50.9. The molecule has 3 aromatic carbocycles. The van der Waals surface area contributed by atoms with E-state index in [1.54, 1.807) is 24.3 Å². The van der Waals surface area contributed by atoms with Crippen LogP contribution >= 0.6 is 0 Å². The molecular formula is C33H31F3N2O5. The van der Waals surface area contributed by atoms with Gasteiger partial charge in [-0.05, 0) is 71.9 Å². The van der Waals surface area contributed by atoms with E-state index in [4.69, 9.17) is 9.47 Å². The van der Waals surface area contributed by atoms with Crippen molar-refractivity contribution in [3.8, 4) is 5.75 Å². The molecule has 0 radical (unpaired) electrons. The zero-order chi connectivity index (χ0) is 30.4. The van der Waals surface area contributed by atoms with Gasteiger partial charge in [0.2, 0.25) is 5.91 Å². The second-order valence-electron chi connectivity index (χ2n) is 10.4. The minimum atomic E-state index is -4.46. The van der Waals surface area contributed by atoms with Gasteiger partial charge < -0.3 is 25.2 Å². The summed E-state index contributed by atoms with van der Waals surface area (Å²) >= 11 is 0. The van der Waals surface area contributed by atoms with Crippen LogP contribution in [0.1, 0.15) is 35.1 Å². The number of amides is 2. The van der Waals surface area contributed by atoms with Gasteiger partial charge in [0, 0.05) is 42.6 Å². The summed E-state index contributed by atoms with van der Waals surface area (Å²) in [5.41, 5.74) is 2.69. The van der Waals surface area contributed by atoms with Crippen molar-refractivity contribution in [2.45, 2.75) is 31.5 Å². The minimum Gasteiger partial charge on any atom is -0.493 e. The number of alkyl halides is 3. The topological polar surface area (TPSA) is 96.9 Å². The molecule has 1 unspecified atom stereocenters. The van der Waals surface area contributed by atoms with Gasteiger partial charge in [0.25, 0.3) is 5.91 Å². The Bertz CT molecular complexity index is 1510. The number of allylic oxidation sites excluding steroid dienone is 2. The maximum absolute atomic E-state index is 13.2. The molecule has 0 aliphatic carbocycles. The van der Waals surface area contributed by atoms with Gasteiger partial charge in [-0.2, -0.15) is 13.2 Å². The highest BCUT2D eigenvalue weighted by molar-refractivity contribution is 6.03. The van der Waals surface area contributed by atoms with Crippen molar-refractivity contribution in [1.29, 1.82) is 0 Å². The second kappa shape index (κ2) is 13.3. The molecule has 0 spiro atoms. The molecule has 1 fully saturated rings. The highest BCUT2D eigenvalue weighted by Crippen LogP contribution is 2.33. The van der Waals surface area contributed by atoms with Crippen LogP contribution in [-0.2, 0) is 26.9 Å². The standard InChI is InChI=1S/C33H31F3N2O5/c34-33(35,36)24-11-7-22(8-12-24)26(23-9-13-25(14-10-23)43-20-21-15-17-42-18-16-21)3-1-6-31(40)37-28-4-2-5-29-27(28)19-30(39)32(41)38-29/h1-14,21,30,39H,15-20H2,(H,37,40)(H,38,41). The SMILES string of the molecule is O=C(C=CC=C(c1ccc(OCC2CCOCC2)cc1)c1ccc(C(F)(F)F)cc1)Nc1cccc2c1CC(O)C(=O)N2. The number of aliphatic hydroxyl groups is 1. The lowest BCUT2D eigenvalue weighted by atomic mass is 9.96. The van der Waals surface area contributed by atoms with Crippen molar-refractivity contribution in [1.82, 2.24) is 0 Å². The van der Waals surface area contributed by atoms with Crippen LogP contribution in [0.3, 0.4) is 0 Å². The van der Waals surface area contributed by atoms with Crippen LogP contribution < -0.4 is 15.4 Å². The summed E-state index contributed by atoms with van der Waals surface area (Å²) in [6.45, 7) is 2.04. The first kappa shape index (κ1) is 30.1. The number of aliphatic hydroxyl groups excluding tert-OH is 1. The zero-order valence-corrected chi connectivity index (χ0v) is 23.2. The largest absolute Gasteiger partial charge is 0.493 e. The summed E-state index contributed by atoms with van der Waals surface area (Å²) in [5.74, 6) is 0.150. The normalized spacial score (nSPS) is 17.8. The average Bonchev–Trinajstić information content (AvgIpc) is 3.00. The predicted molar refractivity (Wildman–Crippen MR) is 157 cm³/mol. The molecule has 1 atom stereocenters. The van der Waals surface area contributed by atoms with E-state index in [-0.39, 0.29) is 6.42 Å². The van der Waals surface area contributed by atoms with Crippen molar-refractivity contribution >= 4 is 28.8 Å². The number of rotatable bonds is 8. The molecule has 1 saturated heterocycles. The van der Waals surface area contributed by atoms with Crippen LogP contribution in [0.25, 0.3) is 5.57 Å². The van der Waals surface area contributed by atoms with Gasteiger partial charge in [-0.3, -0.25) is 9.59 Å². The highest BCUT2D eigenvalue weighted by atomic mass is 19.4. The molecule has 10 heteroatoms. The van der Waals surface area contributed by atoms with Crippen molar-refractivity contribution in [3.63, 3.8) is 0 Å². The van der Waals surface area contributed by atoms with Gasteiger partial charge in [-0.15, -0.1) is 0 Å². The van der Waals surface area contributed by atoms with Crippen LogP contribution in [0, 0.1) is 5.92 Å². The second-order valence-corrected chi connectivity index (χ2v) is 10.4. The number of benzene rings is 3. The number of halogens is 3. The number of fused-ring (bicyclic) bond motifs is 1. The fourth-order valence-corrected chi connectivity index (χ4v) is 5.00. The third kappa shape index (κ3) is 7.71. The zero-order valence-electron chi connectivity index (χ0n) is 23.2. The maximum Gasteiger partial charge on any atom is 0.416 e. The Morgan fingerprint density at radius 3 is 2.37 bits per heavy atom. The molecule has 0 saturated carbocycles. The summed E-state index contributed by atoms with van der Waals surface area (Å²) in [4.78, 5) is 24.6. The number of nitrogens with one attached hydrogen (secondary N) is 2. The molecule has 7 nitrogen and oxygen atoms in total. The Kier molecular flexibility index (Phi) is 9.27. The van der Waals surface area contributed by atoms with E-state index in [1.807, 2.05) is 24.3 Å². The van der Waals surface area contributed by atoms with E-state index in [0.717, 1.165) is 43.8 Å². The monoisotopic (exact) mass is 592 g/mol. The molecule has 2 amide bonds. The van der Waals surface area contributed by atoms with E-state index in [1.165, 1.54) is 24.3 Å². The minimum absolute atomic E-state index is 0.0636. The molecule has 2 heterocycles. The smallest absolute Gasteiger partial charge is 0.416 e. The number of anilines is 2. The molecular weight excluding hydrogens is 561 g/mol. The van der Waals surface area contributed by atoms with E-state index < -0.39 is 29.7 Å². The van der Waals surface area contributed by atoms with Gasteiger partial charge in [0.15, 0.2) is 0 Å². The number of hydrogen-bond donors (Lipinski definition) is 3. The van der Waals surface area contributed by atoms with Gasteiger partial charge in [0.1, 0.15) is 11.9 Å². The molecule has 43 heavy (non-hydrogen) atoms. The van der Waals surface area contributed by atoms with Crippen LogP contribution in [0.5, 0.6) is 5.75 Å². The Labute approximate surface area is 247 Å². The van der Waals surface area contributed by atoms with Crippen LogP contribution in [0.4, 0.5) is 24.5 Å². The quantitative estimate of drug-likeness (QED) is 0.221. The first-order valence-corrected chi connectivity index (χ1v) is 14.0. The van der Waals surface area contributed by atoms with E-state index in [2.05, 4.69) is 10.6 Å². The van der Waals surface area contributed by atoms with E-state index in [9.17, 15) is 27.9 Å². The molecule has 2 aliphatic heterocycles. The van der Waals surface area contributed by atoms with Gasteiger partial charge in [-0.1, -0.05) is 42.5 Å². The molecule has 5 rings (SSSR count). The summed E-state index contributed by atoms with van der Waals surface area (Å²) in [7, 11) is 0. The third-order valence-electron chi connectivity index (χ3n) is 7.42. The van der Waals surface area contributed by atoms with Gasteiger partial charge in [0.05, 0.1) is 12.2 Å². The van der Waals surface area contributed by atoms with Crippen LogP contribution in [-0.4, -0.2) is 42.8 Å². The lowest BCUT2D eigenvalue weighted by Gasteiger charge is -2.23. The van der Waals surface area contributed by atoms with Crippen LogP contribution in [0.2, 0.25) is 0 Å². The third-order valence-corrected chi connectivity index (χ3v) is 7.42. The number of carbonyl (C=O) groups excluding carboxylic acids is 2. The molecule has 224 valence electrons. The van der Waals surface area contributed by atoms with Crippen molar-refractivity contribution in [2.24, 2.45) is 5.92 Å². The molecule has 0 aromatic heterocycles. The summed E-state index contributed by atoms with van der Waals surface area (Å²) in [5, 5.41) is 15.3. The number of carbonyl (C=O) groups is 2. The first-order valence-electron chi connectivity index (χ1n) is 14.0.